The van der Waals surface area contributed by atoms with Gasteiger partial charge >= 0.3 is 0 Å². The molecule has 0 aromatic heterocycles. The summed E-state index contributed by atoms with van der Waals surface area (Å²) in [5.41, 5.74) is 8.44. The maximum atomic E-state index is 12.7. The van der Waals surface area contributed by atoms with E-state index in [1.807, 2.05) is 4.90 Å². The van der Waals surface area contributed by atoms with Crippen molar-refractivity contribution >= 4 is 5.91 Å². The van der Waals surface area contributed by atoms with Gasteiger partial charge < -0.3 is 15.4 Å². The van der Waals surface area contributed by atoms with E-state index >= 15 is 0 Å². The number of carbonyl (C=O) groups excluding carboxylic acids is 1. The lowest BCUT2D eigenvalue weighted by Gasteiger charge is -2.25. The molecule has 2 N–H and O–H groups in total. The Morgan fingerprint density at radius 2 is 1.95 bits per heavy atom. The molecule has 1 aliphatic carbocycles. The van der Waals surface area contributed by atoms with Gasteiger partial charge in [-0.05, 0) is 36.8 Å². The van der Waals surface area contributed by atoms with Gasteiger partial charge in [0.2, 0.25) is 5.91 Å². The molecule has 0 unspecified atom stereocenters. The minimum Gasteiger partial charge on any atom is -0.383 e. The molecule has 0 saturated heterocycles. The van der Waals surface area contributed by atoms with E-state index in [0.29, 0.717) is 19.7 Å². The number of aryl methyl sites for hydroxylation is 1. The molecule has 1 aromatic carbocycles. The number of ether oxygens (including phenoxy) is 1. The first-order chi connectivity index (χ1) is 10.6. The molecule has 0 heterocycles. The molecule has 1 aromatic rings. The minimum absolute atomic E-state index is 0.0850. The summed E-state index contributed by atoms with van der Waals surface area (Å²) in [5, 5.41) is 0. The first-order valence-corrected chi connectivity index (χ1v) is 8.25. The van der Waals surface area contributed by atoms with E-state index in [9.17, 15) is 4.79 Å². The Morgan fingerprint density at radius 1 is 1.27 bits per heavy atom. The number of carbonyl (C=O) groups is 1. The summed E-state index contributed by atoms with van der Waals surface area (Å²) in [6.07, 6.45) is 3.72. The highest BCUT2D eigenvalue weighted by Gasteiger charge is 2.30. The van der Waals surface area contributed by atoms with Crippen LogP contribution in [0.15, 0.2) is 24.3 Å². The van der Waals surface area contributed by atoms with E-state index in [-0.39, 0.29) is 17.9 Å². The molecule has 1 amide bonds. The molecule has 1 aliphatic rings. The Labute approximate surface area is 133 Å². The molecule has 0 radical (unpaired) electrons. The van der Waals surface area contributed by atoms with E-state index in [4.69, 9.17) is 10.5 Å². The summed E-state index contributed by atoms with van der Waals surface area (Å²) >= 11 is 0. The van der Waals surface area contributed by atoms with Crippen LogP contribution in [-0.2, 0) is 22.5 Å². The first kappa shape index (κ1) is 17.0. The molecule has 122 valence electrons. The van der Waals surface area contributed by atoms with Crippen molar-refractivity contribution in [3.05, 3.63) is 35.4 Å². The lowest BCUT2D eigenvalue weighted by Crippen LogP contribution is -2.37. The smallest absolute Gasteiger partial charge is 0.226 e. The standard InChI is InChI=1S/C18H28N2O2/c1-3-14-4-6-15(7-5-14)13-20(10-11-22-2)18(21)16-8-9-17(19)12-16/h4-7,16-17H,3,8-13,19H2,1-2H3/t16-,17+/m0/s1. The van der Waals surface area contributed by atoms with Crippen LogP contribution < -0.4 is 5.73 Å². The quantitative estimate of drug-likeness (QED) is 0.841. The predicted octanol–water partition coefficient (Wildman–Crippen LogP) is 2.35. The van der Waals surface area contributed by atoms with Crippen LogP contribution in [0.2, 0.25) is 0 Å². The van der Waals surface area contributed by atoms with E-state index in [2.05, 4.69) is 31.2 Å². The van der Waals surface area contributed by atoms with Gasteiger partial charge in [0.25, 0.3) is 0 Å². The summed E-state index contributed by atoms with van der Waals surface area (Å²) < 4.78 is 5.16. The van der Waals surface area contributed by atoms with Gasteiger partial charge in [0.05, 0.1) is 6.61 Å². The molecular formula is C18H28N2O2. The SMILES string of the molecule is CCc1ccc(CN(CCOC)C(=O)[C@H]2CC[C@@H](N)C2)cc1. The van der Waals surface area contributed by atoms with Gasteiger partial charge in [-0.2, -0.15) is 0 Å². The largest absolute Gasteiger partial charge is 0.383 e. The lowest BCUT2D eigenvalue weighted by atomic mass is 10.0. The first-order valence-electron chi connectivity index (χ1n) is 8.25. The fraction of sp³-hybridized carbons (Fsp3) is 0.611. The predicted molar refractivity (Wildman–Crippen MR) is 88.4 cm³/mol. The van der Waals surface area contributed by atoms with Crippen LogP contribution in [0.25, 0.3) is 0 Å². The van der Waals surface area contributed by atoms with Crippen LogP contribution in [0.4, 0.5) is 0 Å². The van der Waals surface area contributed by atoms with Gasteiger partial charge in [-0.25, -0.2) is 0 Å². The minimum atomic E-state index is 0.0850. The second-order valence-electron chi connectivity index (χ2n) is 6.19. The highest BCUT2D eigenvalue weighted by atomic mass is 16.5. The Morgan fingerprint density at radius 3 is 2.50 bits per heavy atom. The third-order valence-electron chi connectivity index (χ3n) is 4.50. The van der Waals surface area contributed by atoms with Crippen LogP contribution in [0.1, 0.15) is 37.3 Å². The normalized spacial score (nSPS) is 21.0. The zero-order valence-electron chi connectivity index (χ0n) is 13.8. The lowest BCUT2D eigenvalue weighted by molar-refractivity contribution is -0.136. The highest BCUT2D eigenvalue weighted by molar-refractivity contribution is 5.79. The van der Waals surface area contributed by atoms with Crippen molar-refractivity contribution in [1.29, 1.82) is 0 Å². The topological polar surface area (TPSA) is 55.6 Å². The molecule has 4 nitrogen and oxygen atoms in total. The number of nitrogens with two attached hydrogens (primary N) is 1. The number of benzene rings is 1. The van der Waals surface area contributed by atoms with Crippen molar-refractivity contribution in [2.24, 2.45) is 11.7 Å². The number of methoxy groups -OCH3 is 1. The van der Waals surface area contributed by atoms with Crippen LogP contribution in [0.3, 0.4) is 0 Å². The van der Waals surface area contributed by atoms with E-state index in [1.54, 1.807) is 7.11 Å². The molecule has 22 heavy (non-hydrogen) atoms. The monoisotopic (exact) mass is 304 g/mol. The molecule has 0 aliphatic heterocycles. The zero-order valence-corrected chi connectivity index (χ0v) is 13.8. The summed E-state index contributed by atoms with van der Waals surface area (Å²) in [6, 6.07) is 8.69. The summed E-state index contributed by atoms with van der Waals surface area (Å²) in [7, 11) is 1.67. The van der Waals surface area contributed by atoms with Gasteiger partial charge in [-0.15, -0.1) is 0 Å². The number of amides is 1. The Hall–Kier alpha value is -1.39. The highest BCUT2D eigenvalue weighted by Crippen LogP contribution is 2.26. The van der Waals surface area contributed by atoms with Gasteiger partial charge in [0.1, 0.15) is 0 Å². The summed E-state index contributed by atoms with van der Waals surface area (Å²) in [5.74, 6) is 0.311. The molecule has 0 spiro atoms. The number of hydrogen-bond acceptors (Lipinski definition) is 3. The van der Waals surface area contributed by atoms with Crippen LogP contribution in [0, 0.1) is 5.92 Å². The van der Waals surface area contributed by atoms with Crippen molar-refractivity contribution in [2.45, 2.75) is 45.2 Å². The fourth-order valence-electron chi connectivity index (χ4n) is 3.07. The molecule has 0 bridgehead atoms. The molecule has 4 heteroatoms. The maximum absolute atomic E-state index is 12.7. The Kier molecular flexibility index (Phi) is 6.40. The van der Waals surface area contributed by atoms with Crippen LogP contribution in [-0.4, -0.2) is 37.1 Å². The molecule has 1 fully saturated rings. The van der Waals surface area contributed by atoms with Crippen molar-refractivity contribution in [1.82, 2.24) is 4.90 Å². The molecule has 2 atom stereocenters. The average Bonchev–Trinajstić information content (AvgIpc) is 2.98. The fourth-order valence-corrected chi connectivity index (χ4v) is 3.07. The van der Waals surface area contributed by atoms with Crippen molar-refractivity contribution in [2.75, 3.05) is 20.3 Å². The van der Waals surface area contributed by atoms with Gasteiger partial charge in [-0.1, -0.05) is 31.2 Å². The zero-order chi connectivity index (χ0) is 15.9. The molecular weight excluding hydrogens is 276 g/mol. The maximum Gasteiger partial charge on any atom is 0.226 e. The second kappa shape index (κ2) is 8.30. The summed E-state index contributed by atoms with van der Waals surface area (Å²) in [6.45, 7) is 4.00. The van der Waals surface area contributed by atoms with Gasteiger partial charge in [0.15, 0.2) is 0 Å². The van der Waals surface area contributed by atoms with E-state index < -0.39 is 0 Å². The average molecular weight is 304 g/mol. The van der Waals surface area contributed by atoms with Crippen molar-refractivity contribution < 1.29 is 9.53 Å². The third-order valence-corrected chi connectivity index (χ3v) is 4.50. The second-order valence-corrected chi connectivity index (χ2v) is 6.19. The molecule has 1 saturated carbocycles. The number of hydrogen-bond donors (Lipinski definition) is 1. The van der Waals surface area contributed by atoms with E-state index in [0.717, 1.165) is 25.7 Å². The summed E-state index contributed by atoms with van der Waals surface area (Å²) in [4.78, 5) is 14.7. The number of rotatable bonds is 7. The van der Waals surface area contributed by atoms with Gasteiger partial charge in [0, 0.05) is 32.2 Å². The van der Waals surface area contributed by atoms with Crippen LogP contribution >= 0.6 is 0 Å². The van der Waals surface area contributed by atoms with Crippen molar-refractivity contribution in [3.8, 4) is 0 Å². The Balaban J connectivity index is 2.02. The molecule has 2 rings (SSSR count). The third kappa shape index (κ3) is 4.55. The Bertz CT molecular complexity index is 472. The van der Waals surface area contributed by atoms with Crippen molar-refractivity contribution in [3.63, 3.8) is 0 Å². The van der Waals surface area contributed by atoms with Gasteiger partial charge in [-0.3, -0.25) is 4.79 Å². The number of nitrogens with zero attached hydrogens (tertiary/aromatic N) is 1. The van der Waals surface area contributed by atoms with Crippen LogP contribution in [0.5, 0.6) is 0 Å². The van der Waals surface area contributed by atoms with E-state index in [1.165, 1.54) is 11.1 Å².